The Morgan fingerprint density at radius 3 is 2.51 bits per heavy atom. The number of aliphatic carboxylic acids is 1. The van der Waals surface area contributed by atoms with E-state index in [9.17, 15) is 18.0 Å². The van der Waals surface area contributed by atoms with Crippen LogP contribution < -0.4 is 9.64 Å². The van der Waals surface area contributed by atoms with Gasteiger partial charge in [0.2, 0.25) is 0 Å². The number of thiazole rings is 1. The number of aromatic nitrogens is 1. The number of carboxylic acids is 1. The van der Waals surface area contributed by atoms with E-state index in [1.54, 1.807) is 18.2 Å². The average Bonchev–Trinajstić information content (AvgIpc) is 3.34. The number of likely N-dealkylation sites (tertiary alicyclic amines) is 1. The molecule has 0 spiro atoms. The molecule has 1 N–H and O–H groups in total. The van der Waals surface area contributed by atoms with Crippen LogP contribution in [0.4, 0.5) is 18.3 Å². The maximum atomic E-state index is 13.2. The van der Waals surface area contributed by atoms with Crippen LogP contribution in [-0.2, 0) is 17.4 Å². The van der Waals surface area contributed by atoms with Crippen LogP contribution in [0.3, 0.4) is 0 Å². The number of ether oxygens (including phenoxy) is 1. The van der Waals surface area contributed by atoms with Crippen LogP contribution in [0.25, 0.3) is 10.2 Å². The van der Waals surface area contributed by atoms with Gasteiger partial charge < -0.3 is 14.7 Å². The van der Waals surface area contributed by atoms with E-state index in [0.717, 1.165) is 69.5 Å². The van der Waals surface area contributed by atoms with Gasteiger partial charge in [-0.25, -0.2) is 4.98 Å². The molecule has 0 saturated carbocycles. The molecule has 6 nitrogen and oxygen atoms in total. The first kappa shape index (κ1) is 28.0. The number of hydrogen-bond acceptors (Lipinski definition) is 6. The van der Waals surface area contributed by atoms with Crippen LogP contribution >= 0.6 is 22.9 Å². The van der Waals surface area contributed by atoms with Crippen LogP contribution in [0, 0.1) is 0 Å². The normalized spacial score (nSPS) is 18.4. The number of nitrogens with zero attached hydrogens (tertiary/aromatic N) is 3. The third kappa shape index (κ3) is 6.44. The molecule has 0 bridgehead atoms. The minimum Gasteiger partial charge on any atom is -0.492 e. The molecular formula is C28H31ClF3N3O3S. The Labute approximate surface area is 234 Å². The van der Waals surface area contributed by atoms with Gasteiger partial charge in [0.05, 0.1) is 33.8 Å². The van der Waals surface area contributed by atoms with Crippen LogP contribution in [0.1, 0.15) is 49.7 Å². The molecule has 210 valence electrons. The summed E-state index contributed by atoms with van der Waals surface area (Å²) < 4.78 is 46.2. The zero-order valence-corrected chi connectivity index (χ0v) is 23.0. The molecule has 0 aliphatic carbocycles. The number of piperidine rings is 2. The Balaban J connectivity index is 1.28. The zero-order chi connectivity index (χ0) is 27.6. The molecule has 0 radical (unpaired) electrons. The molecule has 2 aromatic carbocycles. The van der Waals surface area contributed by atoms with Crippen molar-refractivity contribution in [2.75, 3.05) is 37.7 Å². The molecule has 3 heterocycles. The van der Waals surface area contributed by atoms with Crippen molar-refractivity contribution in [1.29, 1.82) is 0 Å². The Hall–Kier alpha value is -2.56. The lowest BCUT2D eigenvalue weighted by Gasteiger charge is -2.50. The van der Waals surface area contributed by atoms with Gasteiger partial charge in [-0.3, -0.25) is 9.69 Å². The van der Waals surface area contributed by atoms with E-state index in [-0.39, 0.29) is 12.0 Å². The Kier molecular flexibility index (Phi) is 8.26. The van der Waals surface area contributed by atoms with Crippen LogP contribution in [0.2, 0.25) is 5.02 Å². The smallest absolute Gasteiger partial charge is 0.416 e. The highest BCUT2D eigenvalue weighted by Gasteiger charge is 2.41. The first-order valence-electron chi connectivity index (χ1n) is 13.2. The molecule has 2 aliphatic heterocycles. The minimum absolute atomic E-state index is 0.0534. The van der Waals surface area contributed by atoms with Gasteiger partial charge >= 0.3 is 12.1 Å². The summed E-state index contributed by atoms with van der Waals surface area (Å²) in [5.41, 5.74) is 0.523. The quantitative estimate of drug-likeness (QED) is 0.312. The first-order chi connectivity index (χ1) is 18.6. The van der Waals surface area contributed by atoms with E-state index < -0.39 is 17.7 Å². The molecule has 11 heteroatoms. The molecule has 0 unspecified atom stereocenters. The fraction of sp³-hybridized carbons (Fsp3) is 0.500. The Morgan fingerprint density at radius 2 is 1.82 bits per heavy atom. The van der Waals surface area contributed by atoms with Crippen molar-refractivity contribution in [2.24, 2.45) is 0 Å². The number of hydrogen-bond donors (Lipinski definition) is 1. The van der Waals surface area contributed by atoms with Gasteiger partial charge in [0.25, 0.3) is 0 Å². The summed E-state index contributed by atoms with van der Waals surface area (Å²) in [6.45, 7) is 4.05. The average molecular weight is 582 g/mol. The predicted molar refractivity (Wildman–Crippen MR) is 147 cm³/mol. The van der Waals surface area contributed by atoms with Gasteiger partial charge in [-0.1, -0.05) is 35.4 Å². The largest absolute Gasteiger partial charge is 0.492 e. The van der Waals surface area contributed by atoms with E-state index in [2.05, 4.69) is 14.8 Å². The van der Waals surface area contributed by atoms with Gasteiger partial charge in [-0.2, -0.15) is 13.2 Å². The van der Waals surface area contributed by atoms with Gasteiger partial charge in [-0.15, -0.1) is 0 Å². The fourth-order valence-corrected chi connectivity index (χ4v) is 6.95. The molecule has 3 aromatic rings. The molecule has 2 fully saturated rings. The van der Waals surface area contributed by atoms with E-state index in [0.29, 0.717) is 33.2 Å². The maximum absolute atomic E-state index is 13.2. The summed E-state index contributed by atoms with van der Waals surface area (Å²) in [4.78, 5) is 20.5. The summed E-state index contributed by atoms with van der Waals surface area (Å²) in [7, 11) is 0. The number of halogens is 4. The number of carbonyl (C=O) groups is 1. The number of fused-ring (bicyclic) bond motifs is 1. The molecular weight excluding hydrogens is 551 g/mol. The number of benzene rings is 2. The third-order valence-electron chi connectivity index (χ3n) is 7.87. The molecule has 5 rings (SSSR count). The minimum atomic E-state index is -4.37. The second-order valence-electron chi connectivity index (χ2n) is 10.4. The molecule has 2 aliphatic rings. The predicted octanol–water partition coefficient (Wildman–Crippen LogP) is 6.89. The Morgan fingerprint density at radius 1 is 1.08 bits per heavy atom. The summed E-state index contributed by atoms with van der Waals surface area (Å²) in [5.74, 6) is -0.414. The van der Waals surface area contributed by atoms with Crippen LogP contribution in [0.5, 0.6) is 5.75 Å². The summed E-state index contributed by atoms with van der Waals surface area (Å²) in [5, 5.41) is 10.3. The van der Waals surface area contributed by atoms with Crippen LogP contribution in [0.15, 0.2) is 36.4 Å². The Bertz CT molecular complexity index is 1320. The van der Waals surface area contributed by atoms with Crippen molar-refractivity contribution < 1.29 is 27.8 Å². The van der Waals surface area contributed by atoms with E-state index in [1.807, 2.05) is 0 Å². The third-order valence-corrected chi connectivity index (χ3v) is 9.26. The maximum Gasteiger partial charge on any atom is 0.416 e. The van der Waals surface area contributed by atoms with Crippen molar-refractivity contribution in [3.63, 3.8) is 0 Å². The number of carboxylic acid groups (broad SMARTS) is 1. The monoisotopic (exact) mass is 581 g/mol. The summed E-state index contributed by atoms with van der Waals surface area (Å²) in [6.07, 6.45) is 1.68. The molecule has 39 heavy (non-hydrogen) atoms. The number of alkyl halides is 3. The van der Waals surface area contributed by atoms with Crippen molar-refractivity contribution in [1.82, 2.24) is 9.88 Å². The van der Waals surface area contributed by atoms with Gasteiger partial charge in [0.1, 0.15) is 5.75 Å². The van der Waals surface area contributed by atoms with Crippen molar-refractivity contribution in [2.45, 2.75) is 56.7 Å². The first-order valence-corrected chi connectivity index (χ1v) is 14.4. The lowest BCUT2D eigenvalue weighted by Crippen LogP contribution is -2.57. The highest BCUT2D eigenvalue weighted by Crippen LogP contribution is 2.40. The second-order valence-corrected chi connectivity index (χ2v) is 11.8. The van der Waals surface area contributed by atoms with Crippen molar-refractivity contribution >= 4 is 44.3 Å². The van der Waals surface area contributed by atoms with E-state index in [1.165, 1.54) is 29.9 Å². The SMILES string of the molecule is O=C(O)Cc1ccc(Cl)c(OCCC2(N3CCCCC3)CCN(c3nc4ccc(C(F)(F)F)cc4s3)CC2)c1. The molecule has 0 atom stereocenters. The summed E-state index contributed by atoms with van der Waals surface area (Å²) in [6, 6.07) is 8.79. The highest BCUT2D eigenvalue weighted by molar-refractivity contribution is 7.22. The fourth-order valence-electron chi connectivity index (χ4n) is 5.72. The van der Waals surface area contributed by atoms with Crippen LogP contribution in [-0.4, -0.2) is 59.3 Å². The van der Waals surface area contributed by atoms with Gasteiger partial charge in [0.15, 0.2) is 5.13 Å². The molecule has 0 amide bonds. The van der Waals surface area contributed by atoms with E-state index in [4.69, 9.17) is 21.4 Å². The molecule has 1 aromatic heterocycles. The van der Waals surface area contributed by atoms with Crippen molar-refractivity contribution in [3.8, 4) is 5.75 Å². The van der Waals surface area contributed by atoms with E-state index >= 15 is 0 Å². The topological polar surface area (TPSA) is 65.9 Å². The lowest BCUT2D eigenvalue weighted by atomic mass is 9.81. The molecule has 2 saturated heterocycles. The van der Waals surface area contributed by atoms with Gasteiger partial charge in [-0.05, 0) is 81.1 Å². The summed E-state index contributed by atoms with van der Waals surface area (Å²) >= 11 is 7.65. The highest BCUT2D eigenvalue weighted by atomic mass is 35.5. The van der Waals surface area contributed by atoms with Crippen molar-refractivity contribution in [3.05, 3.63) is 52.5 Å². The van der Waals surface area contributed by atoms with Gasteiger partial charge in [0, 0.05) is 18.6 Å². The zero-order valence-electron chi connectivity index (χ0n) is 21.5. The number of rotatable bonds is 8. The standard InChI is InChI=1S/C28H31ClF3N3O3S/c29-21-6-4-19(17-25(36)37)16-23(21)38-15-10-27(35-11-2-1-3-12-35)8-13-34(14-9-27)26-33-22-7-5-20(28(30,31)32)18-24(22)39-26/h4-7,16,18H,1-3,8-15,17H2,(H,36,37). The number of anilines is 1. The second kappa shape index (κ2) is 11.5. The lowest BCUT2D eigenvalue weighted by molar-refractivity contribution is -0.138.